The van der Waals surface area contributed by atoms with Crippen molar-refractivity contribution in [3.05, 3.63) is 107 Å². The van der Waals surface area contributed by atoms with E-state index in [1.54, 1.807) is 0 Å². The monoisotopic (exact) mass is 484 g/mol. The summed E-state index contributed by atoms with van der Waals surface area (Å²) in [5.74, 6) is 0.377. The van der Waals surface area contributed by atoms with E-state index in [1.165, 1.54) is 22.3 Å². The second kappa shape index (κ2) is 9.87. The van der Waals surface area contributed by atoms with E-state index >= 15 is 0 Å². The number of allylic oxidation sites excluding steroid dienone is 2. The molecule has 0 bridgehead atoms. The van der Waals surface area contributed by atoms with E-state index in [9.17, 15) is 0 Å². The van der Waals surface area contributed by atoms with Crippen LogP contribution >= 0.6 is 0 Å². The molecule has 2 aromatic carbocycles. The summed E-state index contributed by atoms with van der Waals surface area (Å²) in [6.45, 7) is 2.98. The van der Waals surface area contributed by atoms with Crippen LogP contribution in [-0.2, 0) is 19.3 Å². The standard InChI is InChI=1S/C31H28N6/c1-2-33-30-15-23(11-22-7-8-24-19-36-37-28(24)14-22)12-25-16-26(18-35-31(25)30)27-9-10-34-29(27)13-20-3-5-21(17-32)6-4-20/h3-10,14-16,18-19,23,29,33H,2,11-13H2,1H3,(H,36,37)/t23-,29?/m1/s1. The first-order chi connectivity index (χ1) is 18.2. The van der Waals surface area contributed by atoms with Crippen molar-refractivity contribution >= 4 is 28.4 Å². The van der Waals surface area contributed by atoms with Crippen molar-refractivity contribution in [3.8, 4) is 6.07 Å². The Labute approximate surface area is 216 Å². The summed E-state index contributed by atoms with van der Waals surface area (Å²) >= 11 is 0. The highest BCUT2D eigenvalue weighted by Gasteiger charge is 2.24. The maximum absolute atomic E-state index is 9.08. The van der Waals surface area contributed by atoms with Gasteiger partial charge in [0.05, 0.1) is 40.8 Å². The summed E-state index contributed by atoms with van der Waals surface area (Å²) in [5, 5.41) is 21.0. The van der Waals surface area contributed by atoms with E-state index in [-0.39, 0.29) is 6.04 Å². The van der Waals surface area contributed by atoms with E-state index < -0.39 is 0 Å². The molecule has 6 heteroatoms. The Bertz CT molecular complexity index is 1580. The molecule has 37 heavy (non-hydrogen) atoms. The van der Waals surface area contributed by atoms with Crippen molar-refractivity contribution in [2.24, 2.45) is 10.9 Å². The Hall–Kier alpha value is -4.50. The highest BCUT2D eigenvalue weighted by atomic mass is 15.1. The van der Waals surface area contributed by atoms with Gasteiger partial charge in [0, 0.05) is 24.3 Å². The fraction of sp³-hybridized carbons (Fsp3) is 0.226. The number of H-pyrrole nitrogens is 1. The predicted molar refractivity (Wildman–Crippen MR) is 148 cm³/mol. The molecule has 1 aliphatic carbocycles. The molecule has 0 fully saturated rings. The zero-order valence-corrected chi connectivity index (χ0v) is 20.8. The molecule has 6 nitrogen and oxygen atoms in total. The van der Waals surface area contributed by atoms with E-state index in [4.69, 9.17) is 15.2 Å². The summed E-state index contributed by atoms with van der Waals surface area (Å²) in [4.78, 5) is 9.66. The van der Waals surface area contributed by atoms with Crippen molar-refractivity contribution in [3.63, 3.8) is 0 Å². The molecule has 0 amide bonds. The zero-order valence-electron chi connectivity index (χ0n) is 20.8. The fourth-order valence-corrected chi connectivity index (χ4v) is 5.41. The van der Waals surface area contributed by atoms with Crippen LogP contribution in [0.15, 0.2) is 78.1 Å². The third kappa shape index (κ3) is 4.68. The maximum Gasteiger partial charge on any atom is 0.0991 e. The van der Waals surface area contributed by atoms with Crippen LogP contribution in [0, 0.1) is 17.2 Å². The van der Waals surface area contributed by atoms with Crippen molar-refractivity contribution in [2.45, 2.75) is 32.2 Å². The number of benzene rings is 2. The van der Waals surface area contributed by atoms with Gasteiger partial charge < -0.3 is 5.32 Å². The smallest absolute Gasteiger partial charge is 0.0991 e. The largest absolute Gasteiger partial charge is 0.384 e. The van der Waals surface area contributed by atoms with Crippen molar-refractivity contribution in [1.82, 2.24) is 20.5 Å². The van der Waals surface area contributed by atoms with Crippen molar-refractivity contribution < 1.29 is 0 Å². The Morgan fingerprint density at radius 1 is 1.05 bits per heavy atom. The van der Waals surface area contributed by atoms with Gasteiger partial charge in [-0.05, 0) is 90.3 Å². The number of nitrogens with one attached hydrogen (secondary N) is 2. The first-order valence-corrected chi connectivity index (χ1v) is 12.8. The highest BCUT2D eigenvalue weighted by molar-refractivity contribution is 5.91. The maximum atomic E-state index is 9.08. The highest BCUT2D eigenvalue weighted by Crippen LogP contribution is 2.33. The van der Waals surface area contributed by atoms with Gasteiger partial charge in [-0.2, -0.15) is 10.4 Å². The molecule has 1 unspecified atom stereocenters. The van der Waals surface area contributed by atoms with E-state index in [0.29, 0.717) is 11.5 Å². The summed E-state index contributed by atoms with van der Waals surface area (Å²) in [6, 6.07) is 18.9. The van der Waals surface area contributed by atoms with Crippen molar-refractivity contribution in [2.75, 3.05) is 6.54 Å². The van der Waals surface area contributed by atoms with Crippen LogP contribution in [0.4, 0.5) is 0 Å². The quantitative estimate of drug-likeness (QED) is 0.374. The number of nitriles is 1. The Balaban J connectivity index is 1.25. The first kappa shape index (κ1) is 22.9. The Kier molecular flexibility index (Phi) is 6.11. The number of nitrogens with zero attached hydrogens (tertiary/aromatic N) is 4. The second-order valence-corrected chi connectivity index (χ2v) is 9.75. The van der Waals surface area contributed by atoms with Gasteiger partial charge in [0.25, 0.3) is 0 Å². The number of hydrogen-bond donors (Lipinski definition) is 2. The van der Waals surface area contributed by atoms with Crippen LogP contribution in [-0.4, -0.2) is 34.0 Å². The third-order valence-electron chi connectivity index (χ3n) is 7.20. The molecular weight excluding hydrogens is 456 g/mol. The summed E-state index contributed by atoms with van der Waals surface area (Å²) in [5.41, 5.74) is 10.00. The Morgan fingerprint density at radius 3 is 2.76 bits per heavy atom. The van der Waals surface area contributed by atoms with Gasteiger partial charge in [-0.25, -0.2) is 0 Å². The molecule has 0 radical (unpaired) electrons. The molecule has 3 heterocycles. The predicted octanol–water partition coefficient (Wildman–Crippen LogP) is 5.27. The molecular formula is C31H28N6. The van der Waals surface area contributed by atoms with E-state index in [2.05, 4.69) is 64.9 Å². The van der Waals surface area contributed by atoms with Crippen LogP contribution in [0.1, 0.15) is 40.4 Å². The van der Waals surface area contributed by atoms with Gasteiger partial charge in [-0.1, -0.05) is 30.3 Å². The van der Waals surface area contributed by atoms with Crippen LogP contribution < -0.4 is 5.32 Å². The lowest BCUT2D eigenvalue weighted by Crippen LogP contribution is -2.22. The van der Waals surface area contributed by atoms with Crippen LogP contribution in [0.2, 0.25) is 0 Å². The molecule has 2 atom stereocenters. The van der Waals surface area contributed by atoms with Gasteiger partial charge in [0.1, 0.15) is 0 Å². The summed E-state index contributed by atoms with van der Waals surface area (Å²) in [7, 11) is 0. The molecule has 6 rings (SSSR count). The van der Waals surface area contributed by atoms with Gasteiger partial charge >= 0.3 is 0 Å². The average Bonchev–Trinajstić information content (AvgIpc) is 3.58. The first-order valence-electron chi connectivity index (χ1n) is 12.8. The number of aliphatic imine (C=N–C) groups is 1. The van der Waals surface area contributed by atoms with Crippen molar-refractivity contribution in [1.29, 1.82) is 5.26 Å². The third-order valence-corrected chi connectivity index (χ3v) is 7.20. The van der Waals surface area contributed by atoms with Crippen LogP contribution in [0.25, 0.3) is 22.2 Å². The molecule has 4 aromatic rings. The molecule has 0 saturated heterocycles. The SMILES string of the molecule is CCNC1=C[C@H](Cc2ccc3cn[nH]c3c2)Cc2cc(C3=CC=NC3Cc3ccc(C#N)cc3)cnc21. The van der Waals surface area contributed by atoms with Gasteiger partial charge in [-0.3, -0.25) is 15.1 Å². The number of hydrogen-bond acceptors (Lipinski definition) is 5. The normalized spacial score (nSPS) is 18.3. The van der Waals surface area contributed by atoms with Gasteiger partial charge in [0.15, 0.2) is 0 Å². The lowest BCUT2D eigenvalue weighted by Gasteiger charge is -2.25. The minimum Gasteiger partial charge on any atom is -0.384 e. The number of rotatable bonds is 7. The molecule has 2 N–H and O–H groups in total. The summed E-state index contributed by atoms with van der Waals surface area (Å²) in [6.07, 6.45) is 12.9. The van der Waals surface area contributed by atoms with E-state index in [1.807, 2.05) is 42.9 Å². The van der Waals surface area contributed by atoms with E-state index in [0.717, 1.165) is 53.7 Å². The van der Waals surface area contributed by atoms with Gasteiger partial charge in [0.2, 0.25) is 0 Å². The molecule has 1 aliphatic heterocycles. The minimum absolute atomic E-state index is 0.0529. The molecule has 2 aromatic heterocycles. The number of aromatic amines is 1. The number of fused-ring (bicyclic) bond motifs is 2. The molecule has 182 valence electrons. The fourth-order valence-electron chi connectivity index (χ4n) is 5.41. The number of aromatic nitrogens is 3. The minimum atomic E-state index is 0.0529. The van der Waals surface area contributed by atoms with Crippen LogP contribution in [0.5, 0.6) is 0 Å². The summed E-state index contributed by atoms with van der Waals surface area (Å²) < 4.78 is 0. The lowest BCUT2D eigenvalue weighted by atomic mass is 9.84. The average molecular weight is 485 g/mol. The Morgan fingerprint density at radius 2 is 1.92 bits per heavy atom. The molecule has 0 spiro atoms. The molecule has 0 saturated carbocycles. The van der Waals surface area contributed by atoms with Crippen LogP contribution in [0.3, 0.4) is 0 Å². The number of pyridine rings is 1. The van der Waals surface area contributed by atoms with Gasteiger partial charge in [-0.15, -0.1) is 0 Å². The second-order valence-electron chi connectivity index (χ2n) is 9.75. The zero-order chi connectivity index (χ0) is 25.2. The topological polar surface area (TPSA) is 89.8 Å². The lowest BCUT2D eigenvalue weighted by molar-refractivity contribution is 0.627. The molecule has 2 aliphatic rings.